The Balaban J connectivity index is 2.59. The highest BCUT2D eigenvalue weighted by molar-refractivity contribution is 7.86. The molecule has 0 saturated carbocycles. The Morgan fingerprint density at radius 3 is 2.80 bits per heavy atom. The first-order valence-electron chi connectivity index (χ1n) is 6.34. The Hall–Kier alpha value is -1.93. The molecule has 0 N–H and O–H groups in total. The van der Waals surface area contributed by atoms with Gasteiger partial charge in [-0.2, -0.15) is 0 Å². The summed E-state index contributed by atoms with van der Waals surface area (Å²) in [7, 11) is -1.41. The SMILES string of the molecule is C#CCN1C(=O)C(C)S(=O)c2ccc(C(=O)CC)cc21. The van der Waals surface area contributed by atoms with Gasteiger partial charge in [0.1, 0.15) is 5.25 Å². The van der Waals surface area contributed by atoms with Gasteiger partial charge in [0, 0.05) is 12.0 Å². The lowest BCUT2D eigenvalue weighted by Gasteiger charge is -2.31. The summed E-state index contributed by atoms with van der Waals surface area (Å²) >= 11 is 0. The maximum absolute atomic E-state index is 12.3. The molecule has 5 heteroatoms. The van der Waals surface area contributed by atoms with Gasteiger partial charge in [-0.15, -0.1) is 6.42 Å². The van der Waals surface area contributed by atoms with Crippen LogP contribution in [0.1, 0.15) is 30.6 Å². The molecule has 0 aliphatic carbocycles. The van der Waals surface area contributed by atoms with E-state index in [1.54, 1.807) is 32.0 Å². The third-order valence-electron chi connectivity index (χ3n) is 3.29. The number of rotatable bonds is 3. The maximum atomic E-state index is 12.3. The molecule has 0 bridgehead atoms. The highest BCUT2D eigenvalue weighted by Crippen LogP contribution is 2.33. The summed E-state index contributed by atoms with van der Waals surface area (Å²) in [6.07, 6.45) is 5.67. The van der Waals surface area contributed by atoms with Gasteiger partial charge in [0.15, 0.2) is 5.78 Å². The fourth-order valence-electron chi connectivity index (χ4n) is 2.15. The van der Waals surface area contributed by atoms with Gasteiger partial charge in [-0.25, -0.2) is 0 Å². The number of carbonyl (C=O) groups excluding carboxylic acids is 2. The van der Waals surface area contributed by atoms with Crippen LogP contribution in [-0.4, -0.2) is 27.7 Å². The average Bonchev–Trinajstić information content (AvgIpc) is 2.48. The Morgan fingerprint density at radius 2 is 2.20 bits per heavy atom. The third-order valence-corrected chi connectivity index (χ3v) is 4.92. The van der Waals surface area contributed by atoms with E-state index in [2.05, 4.69) is 5.92 Å². The molecule has 1 aromatic rings. The second-order valence-corrected chi connectivity index (χ2v) is 6.27. The molecule has 2 atom stereocenters. The molecule has 1 aliphatic rings. The minimum atomic E-state index is -1.41. The summed E-state index contributed by atoms with van der Waals surface area (Å²) < 4.78 is 12.3. The summed E-state index contributed by atoms with van der Waals surface area (Å²) in [5.41, 5.74) is 0.997. The van der Waals surface area contributed by atoms with Crippen LogP contribution in [0.2, 0.25) is 0 Å². The van der Waals surface area contributed by atoms with E-state index in [9.17, 15) is 13.8 Å². The zero-order valence-corrected chi connectivity index (χ0v) is 12.2. The molecule has 2 unspecified atom stereocenters. The Kier molecular flexibility index (Phi) is 4.05. The molecule has 20 heavy (non-hydrogen) atoms. The molecule has 0 saturated heterocycles. The summed E-state index contributed by atoms with van der Waals surface area (Å²) in [5, 5.41) is -0.622. The zero-order valence-electron chi connectivity index (χ0n) is 11.4. The highest BCUT2D eigenvalue weighted by Gasteiger charge is 2.35. The smallest absolute Gasteiger partial charge is 0.243 e. The summed E-state index contributed by atoms with van der Waals surface area (Å²) in [5.74, 6) is 2.14. The van der Waals surface area contributed by atoms with Crippen molar-refractivity contribution in [3.05, 3.63) is 23.8 Å². The van der Waals surface area contributed by atoms with Gasteiger partial charge >= 0.3 is 0 Å². The molecule has 4 nitrogen and oxygen atoms in total. The molecular formula is C15H15NO3S. The normalized spacial score (nSPS) is 21.2. The number of amides is 1. The number of hydrogen-bond acceptors (Lipinski definition) is 3. The van der Waals surface area contributed by atoms with Crippen molar-refractivity contribution in [2.75, 3.05) is 11.4 Å². The molecule has 2 rings (SSSR count). The number of fused-ring (bicyclic) bond motifs is 1. The van der Waals surface area contributed by atoms with Crippen molar-refractivity contribution in [1.29, 1.82) is 0 Å². The van der Waals surface area contributed by atoms with Crippen molar-refractivity contribution in [2.45, 2.75) is 30.4 Å². The van der Waals surface area contributed by atoms with Crippen molar-refractivity contribution in [1.82, 2.24) is 0 Å². The number of Topliss-reactive ketones (excluding diaryl/α,β-unsaturated/α-hetero) is 1. The van der Waals surface area contributed by atoms with E-state index in [0.717, 1.165) is 0 Å². The standard InChI is InChI=1S/C15H15NO3S/c1-4-8-16-12-9-11(13(17)5-2)6-7-14(12)20(19)10(3)15(16)18/h1,6-7,9-10H,5,8H2,2-3H3. The van der Waals surface area contributed by atoms with E-state index < -0.39 is 16.0 Å². The highest BCUT2D eigenvalue weighted by atomic mass is 32.2. The second-order valence-electron chi connectivity index (χ2n) is 4.53. The van der Waals surface area contributed by atoms with E-state index in [4.69, 9.17) is 6.42 Å². The van der Waals surface area contributed by atoms with Gasteiger partial charge in [0.2, 0.25) is 5.91 Å². The molecule has 0 radical (unpaired) electrons. The summed E-state index contributed by atoms with van der Waals surface area (Å²) in [6.45, 7) is 3.50. The fraction of sp³-hybridized carbons (Fsp3) is 0.333. The van der Waals surface area contributed by atoms with Crippen LogP contribution in [0.5, 0.6) is 0 Å². The molecule has 1 amide bonds. The number of ketones is 1. The van der Waals surface area contributed by atoms with Crippen LogP contribution in [0.25, 0.3) is 0 Å². The molecule has 104 valence electrons. The van der Waals surface area contributed by atoms with Crippen LogP contribution >= 0.6 is 0 Å². The van der Waals surface area contributed by atoms with Crippen molar-refractivity contribution in [2.24, 2.45) is 0 Å². The molecule has 0 spiro atoms. The predicted molar refractivity (Wildman–Crippen MR) is 78.1 cm³/mol. The quantitative estimate of drug-likeness (QED) is 0.629. The van der Waals surface area contributed by atoms with Crippen LogP contribution < -0.4 is 4.90 Å². The number of hydrogen-bond donors (Lipinski definition) is 0. The van der Waals surface area contributed by atoms with Crippen molar-refractivity contribution in [3.8, 4) is 12.3 Å². The van der Waals surface area contributed by atoms with E-state index >= 15 is 0 Å². The number of nitrogens with zero attached hydrogens (tertiary/aromatic N) is 1. The molecule has 1 heterocycles. The first kappa shape index (κ1) is 14.5. The van der Waals surface area contributed by atoms with E-state index in [0.29, 0.717) is 22.6 Å². The van der Waals surface area contributed by atoms with Gasteiger partial charge in [0.25, 0.3) is 0 Å². The van der Waals surface area contributed by atoms with Crippen LogP contribution in [0.15, 0.2) is 23.1 Å². The predicted octanol–water partition coefficient (Wildman–Crippen LogP) is 1.76. The van der Waals surface area contributed by atoms with E-state index in [-0.39, 0.29) is 18.2 Å². The minimum absolute atomic E-state index is 0.0229. The van der Waals surface area contributed by atoms with Crippen molar-refractivity contribution >= 4 is 28.2 Å². The Morgan fingerprint density at radius 1 is 1.50 bits per heavy atom. The van der Waals surface area contributed by atoms with Crippen LogP contribution in [0, 0.1) is 12.3 Å². The Labute approximate surface area is 120 Å². The van der Waals surface area contributed by atoms with Crippen LogP contribution in [0.3, 0.4) is 0 Å². The largest absolute Gasteiger partial charge is 0.299 e. The molecule has 1 aromatic carbocycles. The monoisotopic (exact) mass is 289 g/mol. The molecule has 0 fully saturated rings. The fourth-order valence-corrected chi connectivity index (χ4v) is 3.42. The van der Waals surface area contributed by atoms with Gasteiger partial charge in [-0.1, -0.05) is 18.9 Å². The maximum Gasteiger partial charge on any atom is 0.243 e. The van der Waals surface area contributed by atoms with E-state index in [1.165, 1.54) is 4.90 Å². The van der Waals surface area contributed by atoms with Crippen molar-refractivity contribution in [3.63, 3.8) is 0 Å². The van der Waals surface area contributed by atoms with E-state index in [1.807, 2.05) is 0 Å². The molecule has 0 aromatic heterocycles. The Bertz CT molecular complexity index is 645. The summed E-state index contributed by atoms with van der Waals surface area (Å²) in [6, 6.07) is 4.92. The first-order valence-corrected chi connectivity index (χ1v) is 7.55. The first-order chi connectivity index (χ1) is 9.51. The van der Waals surface area contributed by atoms with Crippen LogP contribution in [0.4, 0.5) is 5.69 Å². The van der Waals surface area contributed by atoms with Gasteiger partial charge in [-0.3, -0.25) is 18.7 Å². The zero-order chi connectivity index (χ0) is 14.9. The number of benzene rings is 1. The van der Waals surface area contributed by atoms with Gasteiger partial charge in [0.05, 0.1) is 27.9 Å². The van der Waals surface area contributed by atoms with Crippen molar-refractivity contribution < 1.29 is 13.8 Å². The number of terminal acetylenes is 1. The number of anilines is 1. The molecule has 1 aliphatic heterocycles. The number of carbonyl (C=O) groups is 2. The minimum Gasteiger partial charge on any atom is -0.299 e. The molecular weight excluding hydrogens is 274 g/mol. The lowest BCUT2D eigenvalue weighted by Crippen LogP contribution is -2.44. The topological polar surface area (TPSA) is 54.5 Å². The third kappa shape index (κ3) is 2.27. The van der Waals surface area contributed by atoms with Crippen LogP contribution in [-0.2, 0) is 15.6 Å². The summed E-state index contributed by atoms with van der Waals surface area (Å²) in [4.78, 5) is 25.9. The van der Waals surface area contributed by atoms with Gasteiger partial charge < -0.3 is 0 Å². The van der Waals surface area contributed by atoms with Gasteiger partial charge in [-0.05, 0) is 19.1 Å². The lowest BCUT2D eigenvalue weighted by molar-refractivity contribution is -0.117. The second kappa shape index (κ2) is 5.59. The lowest BCUT2D eigenvalue weighted by atomic mass is 10.1. The average molecular weight is 289 g/mol.